The van der Waals surface area contributed by atoms with E-state index < -0.39 is 11.7 Å². The van der Waals surface area contributed by atoms with Gasteiger partial charge in [0.05, 0.1) is 5.56 Å². The van der Waals surface area contributed by atoms with E-state index in [0.717, 1.165) is 11.1 Å². The van der Waals surface area contributed by atoms with Crippen LogP contribution in [0.4, 0.5) is 10.1 Å². The van der Waals surface area contributed by atoms with E-state index in [9.17, 15) is 9.18 Å². The molecular weight excluding hydrogens is 389 g/mol. The highest BCUT2D eigenvalue weighted by atomic mass is 32.1. The fraction of sp³-hybridized carbons (Fsp3) is 0.0455. The van der Waals surface area contributed by atoms with Crippen LogP contribution in [0, 0.1) is 12.7 Å². The molecule has 1 amide bonds. The van der Waals surface area contributed by atoms with Gasteiger partial charge in [-0.25, -0.2) is 9.37 Å². The van der Waals surface area contributed by atoms with Crippen LogP contribution in [-0.4, -0.2) is 16.0 Å². The predicted octanol–water partition coefficient (Wildman–Crippen LogP) is 5.07. The van der Waals surface area contributed by atoms with E-state index in [4.69, 9.17) is 16.6 Å². The third kappa shape index (κ3) is 4.00. The topological polar surface area (TPSA) is 67.2 Å². The van der Waals surface area contributed by atoms with Crippen LogP contribution in [0.2, 0.25) is 0 Å². The Labute approximate surface area is 171 Å². The van der Waals surface area contributed by atoms with Crippen molar-refractivity contribution in [3.05, 3.63) is 83.7 Å². The molecule has 29 heavy (non-hydrogen) atoms. The molecule has 5 nitrogen and oxygen atoms in total. The number of nitrogens with one attached hydrogen (secondary N) is 2. The normalized spacial score (nSPS) is 10.7. The molecule has 1 heterocycles. The standard InChI is InChI=1S/C22H16FN3O2S/c1-13-6-2-3-7-15(13)21-25-18-12-14(10-11-19(18)28-21)24-22(29)26-20(27)16-8-4-5-9-17(16)23/h2-12H,1H3,(H2,24,26,27,29). The maximum Gasteiger partial charge on any atom is 0.260 e. The van der Waals surface area contributed by atoms with Gasteiger partial charge in [-0.2, -0.15) is 0 Å². The van der Waals surface area contributed by atoms with Gasteiger partial charge in [0.25, 0.3) is 5.91 Å². The molecule has 0 bridgehead atoms. The molecule has 0 aliphatic carbocycles. The monoisotopic (exact) mass is 405 g/mol. The number of carbonyl (C=O) groups excluding carboxylic acids is 1. The number of carbonyl (C=O) groups is 1. The number of halogens is 1. The van der Waals surface area contributed by atoms with Crippen LogP contribution in [0.25, 0.3) is 22.6 Å². The van der Waals surface area contributed by atoms with Gasteiger partial charge in [-0.05, 0) is 61.1 Å². The zero-order valence-electron chi connectivity index (χ0n) is 15.4. The summed E-state index contributed by atoms with van der Waals surface area (Å²) >= 11 is 5.17. The zero-order valence-corrected chi connectivity index (χ0v) is 16.2. The third-order valence-corrected chi connectivity index (χ3v) is 4.57. The molecule has 0 saturated carbocycles. The molecule has 7 heteroatoms. The number of rotatable bonds is 3. The van der Waals surface area contributed by atoms with E-state index in [1.54, 1.807) is 24.3 Å². The number of benzene rings is 3. The second-order valence-corrected chi connectivity index (χ2v) is 6.81. The number of thiocarbonyl (C=S) groups is 1. The Kier molecular flexibility index (Phi) is 5.05. The van der Waals surface area contributed by atoms with Crippen molar-refractivity contribution in [1.29, 1.82) is 0 Å². The van der Waals surface area contributed by atoms with Gasteiger partial charge in [0.2, 0.25) is 5.89 Å². The Hall–Kier alpha value is -3.58. The van der Waals surface area contributed by atoms with Crippen LogP contribution in [0.5, 0.6) is 0 Å². The SMILES string of the molecule is Cc1ccccc1-c1nc2cc(NC(=S)NC(=O)c3ccccc3F)ccc2o1. The number of anilines is 1. The lowest BCUT2D eigenvalue weighted by Gasteiger charge is -2.09. The van der Waals surface area contributed by atoms with Gasteiger partial charge in [-0.1, -0.05) is 30.3 Å². The smallest absolute Gasteiger partial charge is 0.260 e. The van der Waals surface area contributed by atoms with Crippen molar-refractivity contribution in [3.8, 4) is 11.5 Å². The van der Waals surface area contributed by atoms with Crippen LogP contribution in [0.3, 0.4) is 0 Å². The second kappa shape index (κ2) is 7.81. The van der Waals surface area contributed by atoms with E-state index in [-0.39, 0.29) is 10.7 Å². The van der Waals surface area contributed by atoms with E-state index in [2.05, 4.69) is 15.6 Å². The van der Waals surface area contributed by atoms with Crippen molar-refractivity contribution in [1.82, 2.24) is 10.3 Å². The number of amides is 1. The van der Waals surface area contributed by atoms with E-state index in [1.807, 2.05) is 31.2 Å². The summed E-state index contributed by atoms with van der Waals surface area (Å²) in [6.45, 7) is 1.99. The van der Waals surface area contributed by atoms with Crippen molar-refractivity contribution < 1.29 is 13.6 Å². The Morgan fingerprint density at radius 2 is 1.83 bits per heavy atom. The summed E-state index contributed by atoms with van der Waals surface area (Å²) in [5.41, 5.74) is 3.82. The number of hydrogen-bond donors (Lipinski definition) is 2. The average molecular weight is 405 g/mol. The predicted molar refractivity (Wildman–Crippen MR) is 114 cm³/mol. The summed E-state index contributed by atoms with van der Waals surface area (Å²) in [5.74, 6) is -0.698. The molecule has 0 spiro atoms. The van der Waals surface area contributed by atoms with Gasteiger partial charge >= 0.3 is 0 Å². The van der Waals surface area contributed by atoms with Crippen LogP contribution in [-0.2, 0) is 0 Å². The maximum absolute atomic E-state index is 13.7. The van der Waals surface area contributed by atoms with Gasteiger partial charge < -0.3 is 9.73 Å². The van der Waals surface area contributed by atoms with Crippen molar-refractivity contribution >= 4 is 40.0 Å². The molecule has 144 valence electrons. The summed E-state index contributed by atoms with van der Waals surface area (Å²) in [6.07, 6.45) is 0. The number of fused-ring (bicyclic) bond motifs is 1. The minimum atomic E-state index is -0.620. The first-order chi connectivity index (χ1) is 14.0. The molecule has 4 aromatic rings. The molecule has 1 aromatic heterocycles. The quantitative estimate of drug-likeness (QED) is 0.466. The highest BCUT2D eigenvalue weighted by Crippen LogP contribution is 2.28. The van der Waals surface area contributed by atoms with E-state index in [1.165, 1.54) is 18.2 Å². The molecule has 2 N–H and O–H groups in total. The number of oxazole rings is 1. The summed E-state index contributed by atoms with van der Waals surface area (Å²) in [4.78, 5) is 16.7. The van der Waals surface area contributed by atoms with Crippen molar-refractivity contribution in [3.63, 3.8) is 0 Å². The summed E-state index contributed by atoms with van der Waals surface area (Å²) in [6, 6.07) is 18.8. The highest BCUT2D eigenvalue weighted by molar-refractivity contribution is 7.80. The molecule has 0 unspecified atom stereocenters. The molecular formula is C22H16FN3O2S. The number of aromatic nitrogens is 1. The molecule has 0 aliphatic rings. The number of nitrogens with zero attached hydrogens (tertiary/aromatic N) is 1. The Morgan fingerprint density at radius 3 is 2.62 bits per heavy atom. The van der Waals surface area contributed by atoms with E-state index in [0.29, 0.717) is 22.7 Å². The molecule has 0 saturated heterocycles. The molecule has 0 aliphatic heterocycles. The first-order valence-corrected chi connectivity index (χ1v) is 9.25. The van der Waals surface area contributed by atoms with Crippen molar-refractivity contribution in [2.75, 3.05) is 5.32 Å². The molecule has 3 aromatic carbocycles. The zero-order chi connectivity index (χ0) is 20.4. The summed E-state index contributed by atoms with van der Waals surface area (Å²) in [5, 5.41) is 5.44. The molecule has 0 radical (unpaired) electrons. The van der Waals surface area contributed by atoms with Crippen molar-refractivity contribution in [2.24, 2.45) is 0 Å². The minimum Gasteiger partial charge on any atom is -0.436 e. The highest BCUT2D eigenvalue weighted by Gasteiger charge is 2.14. The second-order valence-electron chi connectivity index (χ2n) is 6.40. The molecule has 4 rings (SSSR count). The van der Waals surface area contributed by atoms with Gasteiger partial charge in [0, 0.05) is 11.3 Å². The van der Waals surface area contributed by atoms with Gasteiger partial charge in [-0.3, -0.25) is 10.1 Å². The lowest BCUT2D eigenvalue weighted by atomic mass is 10.1. The average Bonchev–Trinajstić information content (AvgIpc) is 3.11. The maximum atomic E-state index is 13.7. The summed E-state index contributed by atoms with van der Waals surface area (Å²) < 4.78 is 19.6. The lowest BCUT2D eigenvalue weighted by molar-refractivity contribution is 0.0974. The van der Waals surface area contributed by atoms with Crippen LogP contribution >= 0.6 is 12.2 Å². The fourth-order valence-corrected chi connectivity index (χ4v) is 3.12. The van der Waals surface area contributed by atoms with Crippen LogP contribution in [0.15, 0.2) is 71.1 Å². The molecule has 0 fully saturated rings. The number of aryl methyl sites for hydroxylation is 1. The lowest BCUT2D eigenvalue weighted by Crippen LogP contribution is -2.34. The van der Waals surface area contributed by atoms with Gasteiger partial charge in [0.15, 0.2) is 10.7 Å². The Balaban J connectivity index is 1.51. The van der Waals surface area contributed by atoms with E-state index >= 15 is 0 Å². The largest absolute Gasteiger partial charge is 0.436 e. The van der Waals surface area contributed by atoms with Crippen molar-refractivity contribution in [2.45, 2.75) is 6.92 Å². The molecule has 0 atom stereocenters. The minimum absolute atomic E-state index is 0.0558. The Morgan fingerprint density at radius 1 is 1.07 bits per heavy atom. The third-order valence-electron chi connectivity index (χ3n) is 4.37. The summed E-state index contributed by atoms with van der Waals surface area (Å²) in [7, 11) is 0. The first kappa shape index (κ1) is 18.8. The van der Waals surface area contributed by atoms with Crippen LogP contribution < -0.4 is 10.6 Å². The van der Waals surface area contributed by atoms with Gasteiger partial charge in [0.1, 0.15) is 11.3 Å². The van der Waals surface area contributed by atoms with Gasteiger partial charge in [-0.15, -0.1) is 0 Å². The van der Waals surface area contributed by atoms with Crippen LogP contribution in [0.1, 0.15) is 15.9 Å². The fourth-order valence-electron chi connectivity index (χ4n) is 2.91. The number of hydrogen-bond acceptors (Lipinski definition) is 4. The first-order valence-electron chi connectivity index (χ1n) is 8.85. The Bertz CT molecular complexity index is 1240.